The van der Waals surface area contributed by atoms with Crippen LogP contribution >= 0.6 is 0 Å². The second kappa shape index (κ2) is 11.9. The van der Waals surface area contributed by atoms with Gasteiger partial charge in [-0.15, -0.1) is 0 Å². The van der Waals surface area contributed by atoms with Gasteiger partial charge in [-0.25, -0.2) is 4.79 Å². The molecule has 8 heteroatoms. The van der Waals surface area contributed by atoms with Crippen LogP contribution in [0, 0.1) is 0 Å². The third-order valence-corrected chi connectivity index (χ3v) is 4.62. The Kier molecular flexibility index (Phi) is 9.27. The van der Waals surface area contributed by atoms with Crippen LogP contribution in [0.25, 0.3) is 0 Å². The minimum atomic E-state index is -0.813. The van der Waals surface area contributed by atoms with Crippen molar-refractivity contribution in [2.75, 3.05) is 13.2 Å². The zero-order valence-corrected chi connectivity index (χ0v) is 19.8. The summed E-state index contributed by atoms with van der Waals surface area (Å²) in [5, 5.41) is 0. The molecule has 0 radical (unpaired) electrons. The third kappa shape index (κ3) is 8.48. The van der Waals surface area contributed by atoms with E-state index in [0.717, 1.165) is 12.0 Å². The van der Waals surface area contributed by atoms with Crippen molar-refractivity contribution in [1.82, 2.24) is 10.9 Å². The molecule has 2 aromatic carbocycles. The van der Waals surface area contributed by atoms with Crippen LogP contribution in [-0.2, 0) is 19.7 Å². The molecule has 0 bridgehead atoms. The SMILES string of the molecule is CCCOC(=O)c1ccc(OCC(=O)NNC(=O)C(C)Oc2ccc(C(C)(C)C)cc2)cc1. The average molecular weight is 457 g/mol. The molecular formula is C25H32N2O6. The molecule has 0 aliphatic rings. The van der Waals surface area contributed by atoms with Crippen molar-refractivity contribution in [2.24, 2.45) is 0 Å². The molecule has 0 heterocycles. The molecule has 0 spiro atoms. The van der Waals surface area contributed by atoms with Crippen molar-refractivity contribution in [3.8, 4) is 11.5 Å². The Morgan fingerprint density at radius 1 is 0.909 bits per heavy atom. The molecule has 2 aromatic rings. The van der Waals surface area contributed by atoms with E-state index in [0.29, 0.717) is 23.7 Å². The van der Waals surface area contributed by atoms with Gasteiger partial charge in [-0.2, -0.15) is 0 Å². The molecule has 2 N–H and O–H groups in total. The summed E-state index contributed by atoms with van der Waals surface area (Å²) in [6, 6.07) is 13.8. The van der Waals surface area contributed by atoms with E-state index in [-0.39, 0.29) is 12.0 Å². The van der Waals surface area contributed by atoms with Crippen LogP contribution in [0.2, 0.25) is 0 Å². The van der Waals surface area contributed by atoms with E-state index in [4.69, 9.17) is 14.2 Å². The van der Waals surface area contributed by atoms with Crippen LogP contribution in [0.1, 0.15) is 57.0 Å². The molecule has 8 nitrogen and oxygen atoms in total. The Morgan fingerprint density at radius 2 is 1.52 bits per heavy atom. The molecule has 1 unspecified atom stereocenters. The lowest BCUT2D eigenvalue weighted by atomic mass is 9.87. The van der Waals surface area contributed by atoms with E-state index in [9.17, 15) is 14.4 Å². The molecule has 0 fully saturated rings. The fourth-order valence-electron chi connectivity index (χ4n) is 2.67. The van der Waals surface area contributed by atoms with E-state index in [1.165, 1.54) is 0 Å². The highest BCUT2D eigenvalue weighted by Gasteiger charge is 2.17. The summed E-state index contributed by atoms with van der Waals surface area (Å²) in [5.41, 5.74) is 6.18. The van der Waals surface area contributed by atoms with Gasteiger partial charge < -0.3 is 14.2 Å². The fourth-order valence-corrected chi connectivity index (χ4v) is 2.67. The first-order valence-corrected chi connectivity index (χ1v) is 10.9. The molecule has 0 aliphatic heterocycles. The number of hydrogen-bond acceptors (Lipinski definition) is 6. The normalized spacial score (nSPS) is 11.8. The van der Waals surface area contributed by atoms with Crippen LogP contribution in [0.4, 0.5) is 0 Å². The maximum Gasteiger partial charge on any atom is 0.338 e. The Balaban J connectivity index is 1.74. The maximum atomic E-state index is 12.2. The Morgan fingerprint density at radius 3 is 2.09 bits per heavy atom. The van der Waals surface area contributed by atoms with E-state index < -0.39 is 23.9 Å². The van der Waals surface area contributed by atoms with E-state index in [2.05, 4.69) is 31.6 Å². The number of amides is 2. The summed E-state index contributed by atoms with van der Waals surface area (Å²) in [6.45, 7) is 9.89. The summed E-state index contributed by atoms with van der Waals surface area (Å²) in [5.74, 6) is -0.499. The zero-order valence-electron chi connectivity index (χ0n) is 19.8. The molecule has 33 heavy (non-hydrogen) atoms. The lowest BCUT2D eigenvalue weighted by molar-refractivity contribution is -0.133. The molecule has 0 aromatic heterocycles. The van der Waals surface area contributed by atoms with Crippen molar-refractivity contribution in [2.45, 2.75) is 52.6 Å². The molecule has 178 valence electrons. The van der Waals surface area contributed by atoms with Gasteiger partial charge in [0.25, 0.3) is 11.8 Å². The van der Waals surface area contributed by atoms with Crippen molar-refractivity contribution in [3.05, 3.63) is 59.7 Å². The van der Waals surface area contributed by atoms with Gasteiger partial charge in [0.05, 0.1) is 12.2 Å². The van der Waals surface area contributed by atoms with Gasteiger partial charge in [-0.1, -0.05) is 39.8 Å². The van der Waals surface area contributed by atoms with Gasteiger partial charge in [-0.3, -0.25) is 20.4 Å². The van der Waals surface area contributed by atoms with Crippen molar-refractivity contribution < 1.29 is 28.6 Å². The summed E-state index contributed by atoms with van der Waals surface area (Å²) in [7, 11) is 0. The Bertz CT molecular complexity index is 933. The van der Waals surface area contributed by atoms with E-state index in [1.54, 1.807) is 31.2 Å². The quantitative estimate of drug-likeness (QED) is 0.442. The summed E-state index contributed by atoms with van der Waals surface area (Å²) in [4.78, 5) is 35.9. The largest absolute Gasteiger partial charge is 0.484 e. The predicted molar refractivity (Wildman–Crippen MR) is 124 cm³/mol. The second-order valence-corrected chi connectivity index (χ2v) is 8.52. The highest BCUT2D eigenvalue weighted by atomic mass is 16.5. The first-order valence-electron chi connectivity index (χ1n) is 10.9. The number of benzene rings is 2. The van der Waals surface area contributed by atoms with E-state index >= 15 is 0 Å². The molecular weight excluding hydrogens is 424 g/mol. The lowest BCUT2D eigenvalue weighted by Crippen LogP contribution is -2.48. The third-order valence-electron chi connectivity index (χ3n) is 4.62. The highest BCUT2D eigenvalue weighted by molar-refractivity contribution is 5.89. The van der Waals surface area contributed by atoms with Crippen molar-refractivity contribution in [3.63, 3.8) is 0 Å². The monoisotopic (exact) mass is 456 g/mol. The number of hydrazine groups is 1. The molecule has 2 amide bonds. The van der Waals surface area contributed by atoms with Crippen molar-refractivity contribution >= 4 is 17.8 Å². The number of esters is 1. The molecule has 0 aliphatic carbocycles. The summed E-state index contributed by atoms with van der Waals surface area (Å²) >= 11 is 0. The van der Waals surface area contributed by atoms with Crippen LogP contribution in [0.15, 0.2) is 48.5 Å². The van der Waals surface area contributed by atoms with Gasteiger partial charge in [0.15, 0.2) is 12.7 Å². The lowest BCUT2D eigenvalue weighted by Gasteiger charge is -2.20. The standard InChI is InChI=1S/C25H32N2O6/c1-6-15-31-24(30)18-7-11-20(12-8-18)32-16-22(28)26-27-23(29)17(2)33-21-13-9-19(10-14-21)25(3,4)5/h7-14,17H,6,15-16H2,1-5H3,(H,26,28)(H,27,29). The summed E-state index contributed by atoms with van der Waals surface area (Å²) in [6.07, 6.45) is -0.0692. The number of carbonyl (C=O) groups is 3. The summed E-state index contributed by atoms with van der Waals surface area (Å²) < 4.78 is 16.0. The predicted octanol–water partition coefficient (Wildman–Crippen LogP) is 3.54. The fraction of sp³-hybridized carbons (Fsp3) is 0.400. The average Bonchev–Trinajstić information content (AvgIpc) is 2.79. The first kappa shape index (κ1) is 25.7. The molecule has 0 saturated carbocycles. The van der Waals surface area contributed by atoms with Crippen LogP contribution in [0.5, 0.6) is 11.5 Å². The smallest absolute Gasteiger partial charge is 0.338 e. The van der Waals surface area contributed by atoms with Crippen LogP contribution in [0.3, 0.4) is 0 Å². The van der Waals surface area contributed by atoms with Crippen LogP contribution in [-0.4, -0.2) is 37.1 Å². The van der Waals surface area contributed by atoms with E-state index in [1.807, 2.05) is 31.2 Å². The number of hydrogen-bond donors (Lipinski definition) is 2. The van der Waals surface area contributed by atoms with Gasteiger partial charge in [0.2, 0.25) is 0 Å². The molecule has 2 rings (SSSR count). The highest BCUT2D eigenvalue weighted by Crippen LogP contribution is 2.24. The number of ether oxygens (including phenoxy) is 3. The first-order chi connectivity index (χ1) is 15.6. The van der Waals surface area contributed by atoms with Gasteiger partial charge in [0, 0.05) is 0 Å². The number of nitrogens with one attached hydrogen (secondary N) is 2. The molecule has 1 atom stereocenters. The molecule has 0 saturated heterocycles. The van der Waals surface area contributed by atoms with Gasteiger partial charge in [0.1, 0.15) is 11.5 Å². The number of carbonyl (C=O) groups excluding carboxylic acids is 3. The second-order valence-electron chi connectivity index (χ2n) is 8.52. The Hall–Kier alpha value is -3.55. The number of rotatable bonds is 9. The zero-order chi connectivity index (χ0) is 24.4. The van der Waals surface area contributed by atoms with Gasteiger partial charge in [-0.05, 0) is 60.7 Å². The minimum Gasteiger partial charge on any atom is -0.484 e. The van der Waals surface area contributed by atoms with Gasteiger partial charge >= 0.3 is 5.97 Å². The Labute approximate surface area is 194 Å². The topological polar surface area (TPSA) is 103 Å². The minimum absolute atomic E-state index is 0.0242. The maximum absolute atomic E-state index is 12.2. The van der Waals surface area contributed by atoms with Crippen LogP contribution < -0.4 is 20.3 Å². The van der Waals surface area contributed by atoms with Crippen molar-refractivity contribution in [1.29, 1.82) is 0 Å².